The molecule has 3 aliphatic heterocycles. The van der Waals surface area contributed by atoms with Crippen LogP contribution in [0.2, 0.25) is 15.1 Å². The molecule has 0 bridgehead atoms. The van der Waals surface area contributed by atoms with E-state index in [9.17, 15) is 28.8 Å². The van der Waals surface area contributed by atoms with E-state index in [1.807, 2.05) is 175 Å². The van der Waals surface area contributed by atoms with Crippen molar-refractivity contribution in [2.45, 2.75) is 104 Å². The molecule has 3 saturated heterocycles. The molecule has 0 unspecified atom stereocenters. The molecule has 9 aromatic rings. The zero-order chi connectivity index (χ0) is 72.0. The summed E-state index contributed by atoms with van der Waals surface area (Å²) in [6.07, 6.45) is 9.30. The van der Waals surface area contributed by atoms with Crippen LogP contribution in [0.4, 0.5) is 39.7 Å². The van der Waals surface area contributed by atoms with E-state index in [4.69, 9.17) is 45.3 Å². The molecule has 540 valence electrons. The number of nitrogens with one attached hydrogen (secondary N) is 5. The molecule has 3 aliphatic rings. The van der Waals surface area contributed by atoms with Gasteiger partial charge in [-0.05, 0) is 198 Å². The number of aromatic nitrogens is 6. The molecule has 6 aromatic carbocycles. The summed E-state index contributed by atoms with van der Waals surface area (Å²) in [5, 5.41) is 17.0. The number of alkyl carbamates (subject to hydrolysis) is 1. The van der Waals surface area contributed by atoms with E-state index >= 15 is 0 Å². The van der Waals surface area contributed by atoms with Crippen molar-refractivity contribution in [1.82, 2.24) is 55.2 Å². The number of hydrogen-bond donors (Lipinski definition) is 6. The molecule has 7 N–H and O–H groups in total. The van der Waals surface area contributed by atoms with Gasteiger partial charge < -0.3 is 51.8 Å². The molecule has 0 saturated carbocycles. The molecule has 0 atom stereocenters. The Hall–Kier alpha value is -9.81. The third-order valence-corrected chi connectivity index (χ3v) is 16.8. The molecule has 27 heteroatoms. The Kier molecular flexibility index (Phi) is 30.5. The van der Waals surface area contributed by atoms with Crippen LogP contribution in [0, 0.1) is 0 Å². The summed E-state index contributed by atoms with van der Waals surface area (Å²) in [5.74, 6) is 1.40. The van der Waals surface area contributed by atoms with Crippen LogP contribution in [-0.2, 0) is 14.3 Å². The predicted octanol–water partition coefficient (Wildman–Crippen LogP) is 15.9. The zero-order valence-electron chi connectivity index (χ0n) is 56.9. The van der Waals surface area contributed by atoms with Crippen LogP contribution in [0.5, 0.6) is 0 Å². The summed E-state index contributed by atoms with van der Waals surface area (Å²) >= 11 is 22.5. The van der Waals surface area contributed by atoms with E-state index in [-0.39, 0.29) is 66.8 Å². The first-order valence-electron chi connectivity index (χ1n) is 32.9. The van der Waals surface area contributed by atoms with Gasteiger partial charge >= 0.3 is 6.09 Å². The van der Waals surface area contributed by atoms with Crippen molar-refractivity contribution in [1.29, 1.82) is 0 Å². The fraction of sp³-hybridized carbons (Fsp3) is 0.289. The highest BCUT2D eigenvalue weighted by molar-refractivity contribution is 6.62. The van der Waals surface area contributed by atoms with Crippen LogP contribution in [0.3, 0.4) is 0 Å². The number of rotatable bonds is 14. The van der Waals surface area contributed by atoms with Crippen molar-refractivity contribution < 1.29 is 33.5 Å². The normalized spacial score (nSPS) is 13.7. The smallest absolute Gasteiger partial charge is 0.407 e. The van der Waals surface area contributed by atoms with Gasteiger partial charge in [0.05, 0.1) is 17.1 Å². The fourth-order valence-electron chi connectivity index (χ4n) is 10.9. The number of benzene rings is 6. The zero-order valence-corrected chi connectivity index (χ0v) is 60.8. The molecule has 0 aliphatic carbocycles. The fourth-order valence-corrected chi connectivity index (χ4v) is 11.3. The minimum Gasteiger partial charge on any atom is -0.444 e. The number of hydrogen-bond acceptors (Lipinski definition) is 17. The average Bonchev–Trinajstić information content (AvgIpc) is 0.848. The lowest BCUT2D eigenvalue weighted by Crippen LogP contribution is -2.47. The Labute approximate surface area is 626 Å². The summed E-state index contributed by atoms with van der Waals surface area (Å²) < 4.78 is 5.32. The van der Waals surface area contributed by atoms with Crippen molar-refractivity contribution in [3.05, 3.63) is 214 Å². The Morgan fingerprint density at radius 1 is 0.437 bits per heavy atom. The van der Waals surface area contributed by atoms with Gasteiger partial charge in [-0.2, -0.15) is 0 Å². The van der Waals surface area contributed by atoms with E-state index in [0.717, 1.165) is 76.5 Å². The second kappa shape index (κ2) is 39.0. The van der Waals surface area contributed by atoms with Crippen LogP contribution in [0.25, 0.3) is 33.8 Å². The molecule has 3 fully saturated rings. The largest absolute Gasteiger partial charge is 0.444 e. The van der Waals surface area contributed by atoms with Crippen LogP contribution in [0.15, 0.2) is 182 Å². The van der Waals surface area contributed by atoms with Crippen molar-refractivity contribution in [2.24, 2.45) is 5.73 Å². The predicted molar refractivity (Wildman–Crippen MR) is 411 cm³/mol. The number of nitrogens with zero attached hydrogens (tertiary/aromatic N) is 9. The maximum atomic E-state index is 13.0. The van der Waals surface area contributed by atoms with Gasteiger partial charge in [0.15, 0.2) is 0 Å². The molecule has 103 heavy (non-hydrogen) atoms. The van der Waals surface area contributed by atoms with E-state index < -0.39 is 11.7 Å². The number of carbonyl (C=O) groups excluding carboxylic acids is 6. The Morgan fingerprint density at radius 2 is 0.709 bits per heavy atom. The lowest BCUT2D eigenvalue weighted by molar-refractivity contribution is -0.120. The molecule has 5 amide bonds. The van der Waals surface area contributed by atoms with Gasteiger partial charge in [-0.25, -0.2) is 34.7 Å². The molecule has 3 aromatic heterocycles. The highest BCUT2D eigenvalue weighted by Gasteiger charge is 2.28. The van der Waals surface area contributed by atoms with Crippen LogP contribution >= 0.6 is 58.8 Å². The molecular formula is C76H84Cl5N15O7. The second-order valence-electron chi connectivity index (χ2n) is 25.0. The number of likely N-dealkylation sites (tertiary alicyclic amines) is 3. The maximum Gasteiger partial charge on any atom is 0.407 e. The van der Waals surface area contributed by atoms with E-state index in [1.165, 1.54) is 13.8 Å². The molecule has 0 radical (unpaired) electrons. The summed E-state index contributed by atoms with van der Waals surface area (Å²) in [7, 11) is 0. The number of ether oxygens (including phenoxy) is 1. The van der Waals surface area contributed by atoms with E-state index in [1.54, 1.807) is 42.9 Å². The minimum atomic E-state index is -0.534. The van der Waals surface area contributed by atoms with Gasteiger partial charge in [0.1, 0.15) is 5.60 Å². The molecule has 6 heterocycles. The van der Waals surface area contributed by atoms with Gasteiger partial charge in [0.25, 0.3) is 17.7 Å². The molecular weight excluding hydrogens is 1410 g/mol. The summed E-state index contributed by atoms with van der Waals surface area (Å²) in [4.78, 5) is 103. The average molecular weight is 1500 g/mol. The van der Waals surface area contributed by atoms with Gasteiger partial charge in [-0.3, -0.25) is 24.0 Å². The van der Waals surface area contributed by atoms with Gasteiger partial charge in [0.2, 0.25) is 29.0 Å². The number of nitrogens with two attached hydrogens (primary N) is 1. The minimum absolute atomic E-state index is 0. The lowest BCUT2D eigenvalue weighted by atomic mass is 10.0. The van der Waals surface area contributed by atoms with E-state index in [0.29, 0.717) is 102 Å². The number of halogens is 5. The first-order valence-corrected chi connectivity index (χ1v) is 34.4. The van der Waals surface area contributed by atoms with Crippen molar-refractivity contribution in [3.63, 3.8) is 0 Å². The van der Waals surface area contributed by atoms with Crippen molar-refractivity contribution in [3.8, 4) is 33.8 Å². The Bertz CT molecular complexity index is 4250. The van der Waals surface area contributed by atoms with Gasteiger partial charge in [0, 0.05) is 155 Å². The topological polar surface area (TPSA) is 285 Å². The molecule has 22 nitrogen and oxygen atoms in total. The van der Waals surface area contributed by atoms with Gasteiger partial charge in [-0.15, -0.1) is 12.4 Å². The maximum absolute atomic E-state index is 13.0. The summed E-state index contributed by atoms with van der Waals surface area (Å²) in [5.41, 5.74) is 14.9. The molecule has 12 rings (SSSR count). The number of amides is 5. The monoisotopic (exact) mass is 1490 g/mol. The third kappa shape index (κ3) is 25.6. The van der Waals surface area contributed by atoms with Crippen LogP contribution in [-0.4, -0.2) is 143 Å². The summed E-state index contributed by atoms with van der Waals surface area (Å²) in [6, 6.07) is 50.2. The Morgan fingerprint density at radius 3 is 0.981 bits per heavy atom. The number of carbonyl (C=O) groups is 6. The summed E-state index contributed by atoms with van der Waals surface area (Å²) in [6.45, 7) is 12.2. The second-order valence-corrected chi connectivity index (χ2v) is 26.8. The van der Waals surface area contributed by atoms with Crippen LogP contribution in [0.1, 0.15) is 112 Å². The Balaban J connectivity index is 0.000000210. The van der Waals surface area contributed by atoms with Crippen molar-refractivity contribution in [2.75, 3.05) is 55.2 Å². The van der Waals surface area contributed by atoms with Crippen molar-refractivity contribution >= 4 is 129 Å². The highest BCUT2D eigenvalue weighted by Crippen LogP contribution is 2.27. The number of anilines is 6. The van der Waals surface area contributed by atoms with Crippen LogP contribution < -0.4 is 32.3 Å². The standard InChI is InChI=1S/C27H30ClN5O3.C24H24ClN5O2.C22H22ClN5O.C2H3ClO.CH4.ClH/c1-27(2,3)36-26(35)31-22-13-16-33(17-14-22)24(34)19-6-10-21(11-7-19)30-25-29-15-12-23(32-25)18-4-8-20(28)9-5-18;1-16(31)27-21-11-14-30(15-12-21)23(32)18-4-8-20(9-5-18)28-24-26-13-10-22(29-24)17-2-6-19(25)7-3-17;23-17-5-1-15(2-6-17)20-9-12-25-22(27-20)26-19-7-3-16(4-8-19)21(29)28-13-10-18(24)11-14-28;1-2(3)4;;/h4-12,15,22H,13-14,16-17H2,1-3H3,(H,31,35)(H,29,30,32);2-10,13,21H,11-12,14-15H2,1H3,(H,27,31)(H,26,28,29);1-9,12,18H,10-11,13-14,24H2,(H,25,26,27);1H3;1H4;1H. The first kappa shape index (κ1) is 80.5. The number of piperidine rings is 3. The third-order valence-electron chi connectivity index (χ3n) is 16.1. The molecule has 0 spiro atoms. The lowest BCUT2D eigenvalue weighted by Gasteiger charge is -2.33. The highest BCUT2D eigenvalue weighted by atomic mass is 35.5. The first-order chi connectivity index (χ1) is 48.4. The van der Waals surface area contributed by atoms with Gasteiger partial charge in [-0.1, -0.05) is 78.6 Å². The van der Waals surface area contributed by atoms with E-state index in [2.05, 4.69) is 68.1 Å². The quantitative estimate of drug-likeness (QED) is 0.0552. The SMILES string of the molecule is C.CC(=O)Cl.CC(=O)NC1CCN(C(=O)c2ccc(Nc3nccc(-c4ccc(Cl)cc4)n3)cc2)CC1.CC(C)(C)OC(=O)NC1CCN(C(=O)c2ccc(Nc3nccc(-c4ccc(Cl)cc4)n3)cc2)CC1.Cl.NC1CCN(C(=O)c2ccc(Nc3nccc(-c4ccc(Cl)cc4)n3)cc2)CC1.